The summed E-state index contributed by atoms with van der Waals surface area (Å²) in [5.74, 6) is -3.58. The maximum absolute atomic E-state index is 14.2. The average Bonchev–Trinajstić information content (AvgIpc) is 3.53. The Labute approximate surface area is 211 Å². The Morgan fingerprint density at radius 3 is 2.58 bits per heavy atom. The third-order valence-electron chi connectivity index (χ3n) is 7.27. The molecule has 3 atom stereocenters. The number of aromatic amines is 1. The van der Waals surface area contributed by atoms with E-state index in [0.717, 1.165) is 12.8 Å². The van der Waals surface area contributed by atoms with E-state index in [1.807, 2.05) is 5.32 Å². The van der Waals surface area contributed by atoms with Crippen molar-refractivity contribution in [1.82, 2.24) is 10.3 Å². The van der Waals surface area contributed by atoms with Gasteiger partial charge in [0, 0.05) is 36.5 Å². The van der Waals surface area contributed by atoms with E-state index in [1.165, 1.54) is 6.07 Å². The molecule has 0 saturated heterocycles. The number of rotatable bonds is 9. The van der Waals surface area contributed by atoms with E-state index in [9.17, 15) is 32.8 Å². The molecule has 0 aliphatic heterocycles. The highest BCUT2D eigenvalue weighted by atomic mass is 35.5. The molecule has 2 aliphatic carbocycles. The van der Waals surface area contributed by atoms with Crippen LogP contribution in [0.2, 0.25) is 5.02 Å². The first-order valence-corrected chi connectivity index (χ1v) is 12.5. The molecule has 0 spiro atoms. The number of H-pyrrole nitrogens is 1. The second-order valence-corrected chi connectivity index (χ2v) is 10.4. The Morgan fingerprint density at radius 2 is 1.97 bits per heavy atom. The lowest BCUT2D eigenvalue weighted by Crippen LogP contribution is -2.60. The van der Waals surface area contributed by atoms with Crippen LogP contribution < -0.4 is 5.32 Å². The van der Waals surface area contributed by atoms with Crippen LogP contribution in [0.5, 0.6) is 0 Å². The van der Waals surface area contributed by atoms with Gasteiger partial charge in [-0.2, -0.15) is 18.4 Å². The molecule has 3 unspecified atom stereocenters. The topological polar surface area (TPSA) is 103 Å². The number of benzene rings is 1. The van der Waals surface area contributed by atoms with Gasteiger partial charge in [-0.15, -0.1) is 0 Å². The maximum atomic E-state index is 14.2. The quantitative estimate of drug-likeness (QED) is 0.401. The van der Waals surface area contributed by atoms with E-state index in [2.05, 4.69) is 4.98 Å². The SMILES string of the molecule is N#CC(CC1CCCCC1=O)(NC(=O)C(CC(=O)c1cc2cccc(Cl)c2[nH]1)CC1CC1)C(F)(F)F. The van der Waals surface area contributed by atoms with Crippen molar-refractivity contribution < 1.29 is 27.6 Å². The van der Waals surface area contributed by atoms with Gasteiger partial charge in [0.25, 0.3) is 0 Å². The molecule has 4 rings (SSSR count). The van der Waals surface area contributed by atoms with Crippen LogP contribution in [0.25, 0.3) is 10.9 Å². The first-order valence-electron chi connectivity index (χ1n) is 12.2. The molecule has 2 saturated carbocycles. The summed E-state index contributed by atoms with van der Waals surface area (Å²) in [6, 6.07) is 8.02. The fraction of sp³-hybridized carbons (Fsp3) is 0.538. The van der Waals surface area contributed by atoms with Crippen LogP contribution >= 0.6 is 11.6 Å². The maximum Gasteiger partial charge on any atom is 0.425 e. The number of nitrogens with zero attached hydrogens (tertiary/aromatic N) is 1. The standard InChI is InChI=1S/C26H27ClF3N3O3/c27-19-6-3-5-16-11-20(32-23(16)19)22(35)12-18(10-15-8-9-15)24(36)33-25(14-31,26(28,29)30)13-17-4-1-2-7-21(17)34/h3,5-6,11,15,17-18,32H,1-2,4,7-10,12-13H2,(H,33,36). The molecule has 2 aliphatic rings. The largest absolute Gasteiger partial charge is 0.425 e. The normalized spacial score (nSPS) is 21.0. The Morgan fingerprint density at radius 1 is 1.22 bits per heavy atom. The zero-order valence-corrected chi connectivity index (χ0v) is 20.3. The fourth-order valence-electron chi connectivity index (χ4n) is 4.97. The third-order valence-corrected chi connectivity index (χ3v) is 7.58. The molecule has 1 aromatic heterocycles. The van der Waals surface area contributed by atoms with E-state index >= 15 is 0 Å². The van der Waals surface area contributed by atoms with Gasteiger partial charge in [0.2, 0.25) is 11.4 Å². The van der Waals surface area contributed by atoms with E-state index in [1.54, 1.807) is 24.3 Å². The summed E-state index contributed by atoms with van der Waals surface area (Å²) in [4.78, 5) is 41.4. The van der Waals surface area contributed by atoms with Crippen LogP contribution in [0.4, 0.5) is 13.2 Å². The second kappa shape index (κ2) is 10.3. The summed E-state index contributed by atoms with van der Waals surface area (Å²) in [5.41, 5.74) is -2.42. The van der Waals surface area contributed by atoms with Crippen LogP contribution in [-0.4, -0.2) is 34.2 Å². The van der Waals surface area contributed by atoms with Gasteiger partial charge in [-0.3, -0.25) is 14.4 Å². The Kier molecular flexibility index (Phi) is 7.46. The number of fused-ring (bicyclic) bond motifs is 1. The van der Waals surface area contributed by atoms with Crippen molar-refractivity contribution in [3.05, 3.63) is 35.0 Å². The summed E-state index contributed by atoms with van der Waals surface area (Å²) < 4.78 is 42.6. The molecule has 1 amide bonds. The molecule has 2 N–H and O–H groups in total. The molecule has 2 fully saturated rings. The van der Waals surface area contributed by atoms with Crippen LogP contribution in [0.15, 0.2) is 24.3 Å². The summed E-state index contributed by atoms with van der Waals surface area (Å²) in [7, 11) is 0. The molecule has 6 nitrogen and oxygen atoms in total. The molecule has 192 valence electrons. The molecule has 1 heterocycles. The summed E-state index contributed by atoms with van der Waals surface area (Å²) >= 11 is 6.16. The Hall–Kier alpha value is -2.86. The van der Waals surface area contributed by atoms with Gasteiger partial charge < -0.3 is 10.3 Å². The second-order valence-electron chi connectivity index (χ2n) is 10.0. The van der Waals surface area contributed by atoms with Gasteiger partial charge >= 0.3 is 6.18 Å². The minimum absolute atomic E-state index is 0.146. The fourth-order valence-corrected chi connectivity index (χ4v) is 5.20. The van der Waals surface area contributed by atoms with Gasteiger partial charge in [-0.05, 0) is 37.3 Å². The van der Waals surface area contributed by atoms with E-state index in [4.69, 9.17) is 11.6 Å². The number of carbonyl (C=O) groups excluding carboxylic acids is 3. The van der Waals surface area contributed by atoms with Crippen molar-refractivity contribution in [2.24, 2.45) is 17.8 Å². The predicted octanol–water partition coefficient (Wildman–Crippen LogP) is 5.90. The lowest BCUT2D eigenvalue weighted by Gasteiger charge is -2.35. The van der Waals surface area contributed by atoms with Crippen molar-refractivity contribution in [1.29, 1.82) is 5.26 Å². The first-order chi connectivity index (χ1) is 17.0. The number of aromatic nitrogens is 1. The Balaban J connectivity index is 1.55. The van der Waals surface area contributed by atoms with Crippen molar-refractivity contribution in [3.8, 4) is 6.07 Å². The van der Waals surface area contributed by atoms with Crippen molar-refractivity contribution >= 4 is 40.0 Å². The Bertz CT molecular complexity index is 1210. The minimum Gasteiger partial charge on any atom is -0.351 e. The van der Waals surface area contributed by atoms with Gasteiger partial charge in [0.05, 0.1) is 16.2 Å². The van der Waals surface area contributed by atoms with Crippen LogP contribution in [-0.2, 0) is 9.59 Å². The highest BCUT2D eigenvalue weighted by Gasteiger charge is 2.58. The number of hydrogen-bond donors (Lipinski definition) is 2. The van der Waals surface area contributed by atoms with Crippen molar-refractivity contribution in [2.75, 3.05) is 0 Å². The number of ketones is 2. The molecular formula is C26H27ClF3N3O3. The monoisotopic (exact) mass is 521 g/mol. The molecule has 0 radical (unpaired) electrons. The van der Waals surface area contributed by atoms with Crippen molar-refractivity contribution in [2.45, 2.75) is 69.5 Å². The molecule has 1 aromatic carbocycles. The van der Waals surface area contributed by atoms with Crippen molar-refractivity contribution in [3.63, 3.8) is 0 Å². The predicted molar refractivity (Wildman–Crippen MR) is 127 cm³/mol. The number of hydrogen-bond acceptors (Lipinski definition) is 4. The number of amides is 1. The van der Waals surface area contributed by atoms with E-state index < -0.39 is 41.7 Å². The highest BCUT2D eigenvalue weighted by molar-refractivity contribution is 6.35. The smallest absolute Gasteiger partial charge is 0.351 e. The zero-order chi connectivity index (χ0) is 26.1. The first kappa shape index (κ1) is 26.2. The molecule has 2 aromatic rings. The molecule has 10 heteroatoms. The number of nitrogens with one attached hydrogen (secondary N) is 2. The summed E-state index contributed by atoms with van der Waals surface area (Å²) in [5, 5.41) is 12.7. The van der Waals surface area contributed by atoms with Crippen LogP contribution in [0.3, 0.4) is 0 Å². The lowest BCUT2D eigenvalue weighted by molar-refractivity contribution is -0.188. The minimum atomic E-state index is -5.09. The van der Waals surface area contributed by atoms with Gasteiger partial charge in [-0.1, -0.05) is 43.0 Å². The summed E-state index contributed by atoms with van der Waals surface area (Å²) in [6.45, 7) is 0. The third kappa shape index (κ3) is 5.59. The van der Waals surface area contributed by atoms with Crippen LogP contribution in [0.1, 0.15) is 68.3 Å². The highest BCUT2D eigenvalue weighted by Crippen LogP contribution is 2.40. The molecule has 0 bridgehead atoms. The zero-order valence-electron chi connectivity index (χ0n) is 19.6. The number of alkyl halides is 3. The number of halogens is 4. The van der Waals surface area contributed by atoms with Gasteiger partial charge in [0.15, 0.2) is 5.78 Å². The van der Waals surface area contributed by atoms with E-state index in [0.29, 0.717) is 28.8 Å². The number of carbonyl (C=O) groups is 3. The number of Topliss-reactive ketones (excluding diaryl/α,β-unsaturated/α-hetero) is 2. The van der Waals surface area contributed by atoms with Crippen LogP contribution in [0, 0.1) is 29.1 Å². The van der Waals surface area contributed by atoms with Gasteiger partial charge in [0.1, 0.15) is 11.9 Å². The molecular weight excluding hydrogens is 495 g/mol. The molecule has 36 heavy (non-hydrogen) atoms. The lowest BCUT2D eigenvalue weighted by atomic mass is 9.78. The summed E-state index contributed by atoms with van der Waals surface area (Å²) in [6.07, 6.45) is -2.67. The van der Waals surface area contributed by atoms with E-state index in [-0.39, 0.29) is 43.1 Å². The number of nitriles is 1. The average molecular weight is 522 g/mol. The van der Waals surface area contributed by atoms with Gasteiger partial charge in [-0.25, -0.2) is 0 Å². The number of para-hydroxylation sites is 1.